The molecule has 0 aliphatic heterocycles. The summed E-state index contributed by atoms with van der Waals surface area (Å²) >= 11 is 0. The van der Waals surface area contributed by atoms with E-state index in [-0.39, 0.29) is 18.6 Å². The molecular formula is C14H14N2O2. The largest absolute Gasteiger partial charge is 0.462 e. The molecule has 1 heterocycles. The highest BCUT2D eigenvalue weighted by atomic mass is 16.5. The van der Waals surface area contributed by atoms with E-state index in [1.54, 1.807) is 16.8 Å². The zero-order valence-electron chi connectivity index (χ0n) is 10.4. The normalized spacial score (nSPS) is 10.6. The van der Waals surface area contributed by atoms with Crippen LogP contribution in [0.4, 0.5) is 0 Å². The fraction of sp³-hybridized carbons (Fsp3) is 0.286. The number of fused-ring (bicyclic) bond motifs is 1. The third-order valence-electron chi connectivity index (χ3n) is 2.60. The van der Waals surface area contributed by atoms with Gasteiger partial charge in [-0.1, -0.05) is 6.07 Å². The molecule has 1 aromatic carbocycles. The third kappa shape index (κ3) is 2.35. The van der Waals surface area contributed by atoms with E-state index in [1.807, 2.05) is 32.0 Å². The van der Waals surface area contributed by atoms with Crippen molar-refractivity contribution in [1.29, 1.82) is 5.26 Å². The highest BCUT2D eigenvalue weighted by Crippen LogP contribution is 2.19. The van der Waals surface area contributed by atoms with Gasteiger partial charge in [-0.2, -0.15) is 5.26 Å². The molecule has 0 fully saturated rings. The molecule has 2 rings (SSSR count). The van der Waals surface area contributed by atoms with Gasteiger partial charge in [0.05, 0.1) is 17.7 Å². The van der Waals surface area contributed by atoms with Crippen molar-refractivity contribution in [3.8, 4) is 6.07 Å². The number of carbonyl (C=O) groups is 1. The topological polar surface area (TPSA) is 55.0 Å². The Labute approximate surface area is 105 Å². The number of carbonyl (C=O) groups excluding carboxylic acids is 1. The Morgan fingerprint density at radius 1 is 1.44 bits per heavy atom. The molecular weight excluding hydrogens is 228 g/mol. The van der Waals surface area contributed by atoms with Gasteiger partial charge in [0, 0.05) is 17.1 Å². The number of nitriles is 1. The molecule has 0 atom stereocenters. The van der Waals surface area contributed by atoms with E-state index in [0.29, 0.717) is 5.56 Å². The minimum Gasteiger partial charge on any atom is -0.462 e. The van der Waals surface area contributed by atoms with Crippen LogP contribution in [0, 0.1) is 11.3 Å². The van der Waals surface area contributed by atoms with Crippen molar-refractivity contribution >= 4 is 16.9 Å². The number of aromatic nitrogens is 1. The Bertz CT molecular complexity index is 620. The molecule has 0 amide bonds. The number of rotatable bonds is 3. The first-order valence-corrected chi connectivity index (χ1v) is 5.79. The second-order valence-corrected chi connectivity index (χ2v) is 4.33. The predicted octanol–water partition coefficient (Wildman–Crippen LogP) is 2.46. The van der Waals surface area contributed by atoms with Gasteiger partial charge < -0.3 is 9.30 Å². The molecule has 0 saturated carbocycles. The smallest absolute Gasteiger partial charge is 0.326 e. The number of nitrogens with zero attached hydrogens (tertiary/aromatic N) is 2. The number of benzene rings is 1. The summed E-state index contributed by atoms with van der Waals surface area (Å²) in [5.74, 6) is -0.273. The summed E-state index contributed by atoms with van der Waals surface area (Å²) in [5, 5.41) is 9.85. The standard InChI is InChI=1S/C14H14N2O2/c1-10(2)18-14(17)9-16-7-6-12-11(8-15)4-3-5-13(12)16/h3-7,10H,9H2,1-2H3. The van der Waals surface area contributed by atoms with E-state index in [4.69, 9.17) is 10.00 Å². The van der Waals surface area contributed by atoms with E-state index in [9.17, 15) is 4.79 Å². The first-order valence-electron chi connectivity index (χ1n) is 5.79. The molecule has 0 aliphatic rings. The zero-order chi connectivity index (χ0) is 13.1. The first kappa shape index (κ1) is 12.2. The van der Waals surface area contributed by atoms with Crippen LogP contribution in [0.2, 0.25) is 0 Å². The van der Waals surface area contributed by atoms with Crippen LogP contribution in [0.5, 0.6) is 0 Å². The lowest BCUT2D eigenvalue weighted by molar-refractivity contribution is -0.148. The van der Waals surface area contributed by atoms with Crippen molar-refractivity contribution in [2.75, 3.05) is 0 Å². The van der Waals surface area contributed by atoms with Gasteiger partial charge in [-0.15, -0.1) is 0 Å². The van der Waals surface area contributed by atoms with Crippen LogP contribution in [0.3, 0.4) is 0 Å². The van der Waals surface area contributed by atoms with Gasteiger partial charge in [-0.05, 0) is 32.0 Å². The minimum atomic E-state index is -0.273. The van der Waals surface area contributed by atoms with Crippen LogP contribution in [0.1, 0.15) is 19.4 Å². The fourth-order valence-corrected chi connectivity index (χ4v) is 1.90. The molecule has 2 aromatic rings. The van der Waals surface area contributed by atoms with Crippen LogP contribution in [-0.4, -0.2) is 16.6 Å². The number of esters is 1. The molecule has 0 aliphatic carbocycles. The number of hydrogen-bond acceptors (Lipinski definition) is 3. The lowest BCUT2D eigenvalue weighted by Gasteiger charge is -2.09. The van der Waals surface area contributed by atoms with Crippen LogP contribution in [0.25, 0.3) is 10.9 Å². The van der Waals surface area contributed by atoms with Crippen molar-refractivity contribution in [3.05, 3.63) is 36.0 Å². The Kier molecular flexibility index (Phi) is 3.33. The SMILES string of the molecule is CC(C)OC(=O)Cn1ccc2c(C#N)cccc21. The van der Waals surface area contributed by atoms with Gasteiger partial charge in [0.25, 0.3) is 0 Å². The molecule has 0 saturated heterocycles. The van der Waals surface area contributed by atoms with E-state index in [0.717, 1.165) is 10.9 Å². The average Bonchev–Trinajstić information content (AvgIpc) is 2.71. The van der Waals surface area contributed by atoms with Crippen LogP contribution >= 0.6 is 0 Å². The summed E-state index contributed by atoms with van der Waals surface area (Å²) in [7, 11) is 0. The molecule has 92 valence electrons. The Morgan fingerprint density at radius 3 is 2.89 bits per heavy atom. The molecule has 1 aromatic heterocycles. The van der Waals surface area contributed by atoms with Crippen LogP contribution < -0.4 is 0 Å². The highest BCUT2D eigenvalue weighted by Gasteiger charge is 2.10. The van der Waals surface area contributed by atoms with Crippen LogP contribution in [-0.2, 0) is 16.1 Å². The lowest BCUT2D eigenvalue weighted by atomic mass is 10.1. The van der Waals surface area contributed by atoms with Gasteiger partial charge in [0.1, 0.15) is 6.54 Å². The molecule has 4 nitrogen and oxygen atoms in total. The maximum Gasteiger partial charge on any atom is 0.326 e. The van der Waals surface area contributed by atoms with Gasteiger partial charge in [0.15, 0.2) is 0 Å². The average molecular weight is 242 g/mol. The van der Waals surface area contributed by atoms with Crippen molar-refractivity contribution < 1.29 is 9.53 Å². The van der Waals surface area contributed by atoms with Gasteiger partial charge in [-0.25, -0.2) is 0 Å². The van der Waals surface area contributed by atoms with E-state index >= 15 is 0 Å². The van der Waals surface area contributed by atoms with Crippen LogP contribution in [0.15, 0.2) is 30.5 Å². The summed E-state index contributed by atoms with van der Waals surface area (Å²) in [5.41, 5.74) is 1.48. The predicted molar refractivity (Wildman–Crippen MR) is 67.9 cm³/mol. The van der Waals surface area contributed by atoms with Crippen molar-refractivity contribution in [2.24, 2.45) is 0 Å². The Morgan fingerprint density at radius 2 is 2.22 bits per heavy atom. The molecule has 4 heteroatoms. The summed E-state index contributed by atoms with van der Waals surface area (Å²) in [6.07, 6.45) is 1.68. The maximum absolute atomic E-state index is 11.6. The minimum absolute atomic E-state index is 0.117. The number of hydrogen-bond donors (Lipinski definition) is 0. The first-order chi connectivity index (χ1) is 8.61. The Hall–Kier alpha value is -2.28. The van der Waals surface area contributed by atoms with Crippen molar-refractivity contribution in [3.63, 3.8) is 0 Å². The second kappa shape index (κ2) is 4.92. The summed E-state index contributed by atoms with van der Waals surface area (Å²) < 4.78 is 6.90. The second-order valence-electron chi connectivity index (χ2n) is 4.33. The van der Waals surface area contributed by atoms with Gasteiger partial charge in [-0.3, -0.25) is 4.79 Å². The summed E-state index contributed by atoms with van der Waals surface area (Å²) in [4.78, 5) is 11.6. The van der Waals surface area contributed by atoms with E-state index in [1.165, 1.54) is 0 Å². The number of ether oxygens (including phenoxy) is 1. The quantitative estimate of drug-likeness (QED) is 0.777. The molecule has 18 heavy (non-hydrogen) atoms. The summed E-state index contributed by atoms with van der Waals surface area (Å²) in [6.45, 7) is 3.80. The lowest BCUT2D eigenvalue weighted by Crippen LogP contribution is -2.16. The molecule has 0 N–H and O–H groups in total. The fourth-order valence-electron chi connectivity index (χ4n) is 1.90. The van der Waals surface area contributed by atoms with Crippen molar-refractivity contribution in [1.82, 2.24) is 4.57 Å². The monoisotopic (exact) mass is 242 g/mol. The molecule has 0 spiro atoms. The van der Waals surface area contributed by atoms with Gasteiger partial charge in [0.2, 0.25) is 0 Å². The summed E-state index contributed by atoms with van der Waals surface area (Å²) in [6, 6.07) is 9.44. The molecule has 0 unspecified atom stereocenters. The van der Waals surface area contributed by atoms with Gasteiger partial charge >= 0.3 is 5.97 Å². The van der Waals surface area contributed by atoms with Crippen molar-refractivity contribution in [2.45, 2.75) is 26.5 Å². The zero-order valence-corrected chi connectivity index (χ0v) is 10.4. The molecule has 0 bridgehead atoms. The third-order valence-corrected chi connectivity index (χ3v) is 2.60. The van der Waals surface area contributed by atoms with E-state index in [2.05, 4.69) is 6.07 Å². The molecule has 0 radical (unpaired) electrons. The highest BCUT2D eigenvalue weighted by molar-refractivity contribution is 5.87. The Balaban J connectivity index is 2.31. The maximum atomic E-state index is 11.6. The van der Waals surface area contributed by atoms with E-state index < -0.39 is 0 Å².